The van der Waals surface area contributed by atoms with E-state index in [1.165, 1.54) is 0 Å². The number of aliphatic hydroxyl groups excluding tert-OH is 1. The third-order valence-corrected chi connectivity index (χ3v) is 3.33. The molecule has 0 aliphatic carbocycles. The fourth-order valence-electron chi connectivity index (χ4n) is 2.14. The zero-order valence-corrected chi connectivity index (χ0v) is 12.5. The Balaban J connectivity index is 2.32. The van der Waals surface area contributed by atoms with Crippen molar-refractivity contribution in [3.63, 3.8) is 0 Å². The fraction of sp³-hybridized carbons (Fsp3) is 0.375. The van der Waals surface area contributed by atoms with Gasteiger partial charge in [-0.05, 0) is 27.2 Å². The average molecular weight is 288 g/mol. The fourth-order valence-corrected chi connectivity index (χ4v) is 2.14. The Labute approximate surface area is 124 Å². The van der Waals surface area contributed by atoms with Crippen molar-refractivity contribution >= 4 is 5.91 Å². The first-order valence-corrected chi connectivity index (χ1v) is 6.89. The van der Waals surface area contributed by atoms with Crippen LogP contribution in [0.5, 0.6) is 0 Å². The summed E-state index contributed by atoms with van der Waals surface area (Å²) >= 11 is 0. The van der Waals surface area contributed by atoms with Gasteiger partial charge in [0.25, 0.3) is 5.91 Å². The molecule has 0 radical (unpaired) electrons. The minimum Gasteiger partial charge on any atom is -0.396 e. The number of carbonyl (C=O) groups is 1. The molecule has 0 saturated carbocycles. The number of hydrogen-bond acceptors (Lipinski definition) is 4. The van der Waals surface area contributed by atoms with Gasteiger partial charge in [-0.3, -0.25) is 4.79 Å². The van der Waals surface area contributed by atoms with Crippen LogP contribution in [0.1, 0.15) is 36.4 Å². The van der Waals surface area contributed by atoms with Crippen LogP contribution in [0.25, 0.3) is 11.3 Å². The first-order valence-electron chi connectivity index (χ1n) is 6.89. The van der Waals surface area contributed by atoms with Crippen molar-refractivity contribution in [2.24, 2.45) is 0 Å². The minimum atomic E-state index is -0.497. The Kier molecular flexibility index (Phi) is 4.43. The average Bonchev–Trinajstić information content (AvgIpc) is 2.81. The molecule has 0 bridgehead atoms. The molecule has 1 aromatic heterocycles. The van der Waals surface area contributed by atoms with Crippen LogP contribution < -0.4 is 5.32 Å². The summed E-state index contributed by atoms with van der Waals surface area (Å²) in [5, 5.41) is 16.0. The summed E-state index contributed by atoms with van der Waals surface area (Å²) in [5.41, 5.74) is 1.31. The molecule has 2 N–H and O–H groups in total. The zero-order chi connectivity index (χ0) is 15.5. The molecule has 2 aromatic rings. The third-order valence-electron chi connectivity index (χ3n) is 3.33. The number of carbonyl (C=O) groups excluding carboxylic acids is 1. The molecule has 0 fully saturated rings. The highest BCUT2D eigenvalue weighted by Crippen LogP contribution is 2.25. The normalized spacial score (nSPS) is 11.4. The van der Waals surface area contributed by atoms with Crippen LogP contribution in [0, 0.1) is 6.92 Å². The lowest BCUT2D eigenvalue weighted by Crippen LogP contribution is -2.44. The Bertz CT molecular complexity index is 618. The van der Waals surface area contributed by atoms with Crippen LogP contribution in [-0.4, -0.2) is 28.3 Å². The maximum Gasteiger partial charge on any atom is 0.257 e. The second-order valence-corrected chi connectivity index (χ2v) is 5.64. The topological polar surface area (TPSA) is 75.4 Å². The predicted octanol–water partition coefficient (Wildman–Crippen LogP) is 2.54. The maximum atomic E-state index is 12.5. The van der Waals surface area contributed by atoms with Crippen LogP contribution in [-0.2, 0) is 0 Å². The number of rotatable bonds is 5. The third kappa shape index (κ3) is 3.49. The summed E-state index contributed by atoms with van der Waals surface area (Å²) in [6.07, 6.45) is 0.476. The van der Waals surface area contributed by atoms with E-state index in [1.807, 2.05) is 44.2 Å². The highest BCUT2D eigenvalue weighted by molar-refractivity contribution is 6.01. The van der Waals surface area contributed by atoms with Crippen molar-refractivity contribution in [2.75, 3.05) is 6.61 Å². The Hall–Kier alpha value is -2.14. The van der Waals surface area contributed by atoms with E-state index in [2.05, 4.69) is 10.5 Å². The molecule has 1 amide bonds. The largest absolute Gasteiger partial charge is 0.396 e. The van der Waals surface area contributed by atoms with Gasteiger partial charge in [-0.1, -0.05) is 35.5 Å². The van der Waals surface area contributed by atoms with Crippen LogP contribution >= 0.6 is 0 Å². The van der Waals surface area contributed by atoms with Crippen LogP contribution in [0.2, 0.25) is 0 Å². The van der Waals surface area contributed by atoms with Crippen molar-refractivity contribution in [3.05, 3.63) is 41.7 Å². The summed E-state index contributed by atoms with van der Waals surface area (Å²) in [4.78, 5) is 12.5. The van der Waals surface area contributed by atoms with Gasteiger partial charge in [0.1, 0.15) is 17.0 Å². The van der Waals surface area contributed by atoms with Gasteiger partial charge in [-0.15, -0.1) is 0 Å². The summed E-state index contributed by atoms with van der Waals surface area (Å²) in [6, 6.07) is 9.44. The van der Waals surface area contributed by atoms with Crippen molar-refractivity contribution in [1.82, 2.24) is 10.5 Å². The number of nitrogens with one attached hydrogen (secondary N) is 1. The molecule has 21 heavy (non-hydrogen) atoms. The van der Waals surface area contributed by atoms with E-state index in [-0.39, 0.29) is 12.5 Å². The van der Waals surface area contributed by atoms with Gasteiger partial charge in [0.2, 0.25) is 0 Å². The smallest absolute Gasteiger partial charge is 0.257 e. The van der Waals surface area contributed by atoms with Crippen molar-refractivity contribution < 1.29 is 14.4 Å². The van der Waals surface area contributed by atoms with E-state index in [0.717, 1.165) is 5.56 Å². The highest BCUT2D eigenvalue weighted by atomic mass is 16.5. The Morgan fingerprint density at radius 3 is 2.62 bits per heavy atom. The molecular formula is C16H20N2O3. The molecule has 0 atom stereocenters. The van der Waals surface area contributed by atoms with Gasteiger partial charge in [0, 0.05) is 17.7 Å². The second-order valence-electron chi connectivity index (χ2n) is 5.64. The Morgan fingerprint density at radius 2 is 2.00 bits per heavy atom. The van der Waals surface area contributed by atoms with Gasteiger partial charge in [0.15, 0.2) is 0 Å². The maximum absolute atomic E-state index is 12.5. The van der Waals surface area contributed by atoms with E-state index >= 15 is 0 Å². The number of amides is 1. The molecule has 1 aromatic carbocycles. The molecule has 0 aliphatic rings. The summed E-state index contributed by atoms with van der Waals surface area (Å²) in [6.45, 7) is 5.47. The number of aryl methyl sites for hydroxylation is 1. The molecule has 0 saturated heterocycles. The van der Waals surface area contributed by atoms with Crippen LogP contribution in [0.4, 0.5) is 0 Å². The van der Waals surface area contributed by atoms with Crippen LogP contribution in [0.3, 0.4) is 0 Å². The molecule has 1 heterocycles. The van der Waals surface area contributed by atoms with Gasteiger partial charge in [0.05, 0.1) is 0 Å². The standard InChI is InChI=1S/C16H20N2O3/c1-11-13(15(20)17-16(2,3)9-10-19)14(18-21-11)12-7-5-4-6-8-12/h4-8,19H,9-10H2,1-3H3,(H,17,20). The van der Waals surface area contributed by atoms with Crippen molar-refractivity contribution in [1.29, 1.82) is 0 Å². The lowest BCUT2D eigenvalue weighted by Gasteiger charge is -2.25. The van der Waals surface area contributed by atoms with E-state index in [9.17, 15) is 4.79 Å². The van der Waals surface area contributed by atoms with Gasteiger partial charge >= 0.3 is 0 Å². The van der Waals surface area contributed by atoms with Gasteiger partial charge in [-0.25, -0.2) is 0 Å². The molecule has 0 spiro atoms. The van der Waals surface area contributed by atoms with E-state index < -0.39 is 5.54 Å². The first-order chi connectivity index (χ1) is 9.94. The van der Waals surface area contributed by atoms with Crippen LogP contribution in [0.15, 0.2) is 34.9 Å². The molecule has 5 heteroatoms. The number of nitrogens with zero attached hydrogens (tertiary/aromatic N) is 1. The number of aromatic nitrogens is 1. The SMILES string of the molecule is Cc1onc(-c2ccccc2)c1C(=O)NC(C)(C)CCO. The molecule has 0 aliphatic heterocycles. The molecule has 2 rings (SSSR count). The molecule has 112 valence electrons. The van der Waals surface area contributed by atoms with E-state index in [1.54, 1.807) is 6.92 Å². The minimum absolute atomic E-state index is 0.0153. The van der Waals surface area contributed by atoms with Gasteiger partial charge < -0.3 is 14.9 Å². The van der Waals surface area contributed by atoms with Crippen molar-refractivity contribution in [2.45, 2.75) is 32.7 Å². The van der Waals surface area contributed by atoms with E-state index in [4.69, 9.17) is 9.63 Å². The molecule has 5 nitrogen and oxygen atoms in total. The number of benzene rings is 1. The zero-order valence-electron chi connectivity index (χ0n) is 12.5. The lowest BCUT2D eigenvalue weighted by atomic mass is 9.99. The van der Waals surface area contributed by atoms with Crippen molar-refractivity contribution in [3.8, 4) is 11.3 Å². The quantitative estimate of drug-likeness (QED) is 0.886. The predicted molar refractivity (Wildman–Crippen MR) is 79.9 cm³/mol. The number of hydrogen-bond donors (Lipinski definition) is 2. The first kappa shape index (κ1) is 15.3. The summed E-state index contributed by atoms with van der Waals surface area (Å²) in [5.74, 6) is 0.234. The monoisotopic (exact) mass is 288 g/mol. The second kappa shape index (κ2) is 6.10. The Morgan fingerprint density at radius 1 is 1.33 bits per heavy atom. The van der Waals surface area contributed by atoms with Gasteiger partial charge in [-0.2, -0.15) is 0 Å². The molecular weight excluding hydrogens is 268 g/mol. The summed E-state index contributed by atoms with van der Waals surface area (Å²) in [7, 11) is 0. The number of aliphatic hydroxyl groups is 1. The highest BCUT2D eigenvalue weighted by Gasteiger charge is 2.26. The lowest BCUT2D eigenvalue weighted by molar-refractivity contribution is 0.0898. The molecule has 0 unspecified atom stereocenters. The summed E-state index contributed by atoms with van der Waals surface area (Å²) < 4.78 is 5.19. The van der Waals surface area contributed by atoms with E-state index in [0.29, 0.717) is 23.4 Å².